The fourth-order valence-corrected chi connectivity index (χ4v) is 14.9. The predicted octanol–water partition coefficient (Wildman–Crippen LogP) is 4.97. The van der Waals surface area contributed by atoms with E-state index in [9.17, 15) is 72.2 Å². The van der Waals surface area contributed by atoms with Crippen molar-refractivity contribution < 1.29 is 112 Å². The number of hydrogen-bond acceptors (Lipinski definition) is 27. The summed E-state index contributed by atoms with van der Waals surface area (Å²) < 4.78 is 154. The number of nitrogens with zero attached hydrogens (tertiary/aromatic N) is 3. The number of halogens is 3. The molecule has 0 radical (unpaired) electrons. The Morgan fingerprint density at radius 2 is 0.648 bits per heavy atom. The summed E-state index contributed by atoms with van der Waals surface area (Å²) in [6.07, 6.45) is -12.6. The quantitative estimate of drug-likeness (QED) is 0.0163. The Bertz CT molecular complexity index is 4100. The van der Waals surface area contributed by atoms with Gasteiger partial charge >= 0.3 is 58.2 Å². The van der Waals surface area contributed by atoms with Gasteiger partial charge in [0.25, 0.3) is 16.7 Å². The third-order valence-corrected chi connectivity index (χ3v) is 20.7. The molecule has 0 amide bonds. The van der Waals surface area contributed by atoms with Gasteiger partial charge < -0.3 is 57.3 Å². The predicted molar refractivity (Wildman–Crippen MR) is 376 cm³/mol. The standard InChI is InChI=1S/3C22H29FN3O9P/c3*1-13(2)33-19(29)14(3)25-36(31,35-15-8-6-5-7-9-15)32-12-16-18(28)22(4,23)20(34-16)26-11-10-17(27)24-21(26)30/h3*5-11,13-14,16,18,20,28H,12H2,1-4H3,(H,25,31)(H,24,27,30)/t14-,16+,18+,20+,22+,36?;14-,16-,18-,20-,22-,36?;14-,16-,18-,20-,22-,36+/m011/s1. The van der Waals surface area contributed by atoms with Crippen LogP contribution in [0.1, 0.15) is 102 Å². The third kappa shape index (κ3) is 23.0. The number of aromatic amines is 3. The molecule has 3 fully saturated rings. The van der Waals surface area contributed by atoms with Crippen molar-refractivity contribution >= 4 is 41.1 Å². The largest absolute Gasteiger partial charge is 0.462 e. The molecule has 3 aromatic carbocycles. The average molecular weight is 1590 g/mol. The van der Waals surface area contributed by atoms with Crippen LogP contribution in [0.2, 0.25) is 0 Å². The molecule has 3 saturated heterocycles. The molecule has 594 valence electrons. The number of alkyl halides is 3. The van der Waals surface area contributed by atoms with Gasteiger partial charge in [-0.1, -0.05) is 54.6 Å². The van der Waals surface area contributed by atoms with Gasteiger partial charge in [-0.15, -0.1) is 0 Å². The zero-order valence-electron chi connectivity index (χ0n) is 60.4. The maximum atomic E-state index is 15.4. The van der Waals surface area contributed by atoms with Gasteiger partial charge in [0.2, 0.25) is 0 Å². The number of ether oxygens (including phenoxy) is 6. The van der Waals surface area contributed by atoms with E-state index in [0.717, 1.165) is 71.3 Å². The number of carbonyl (C=O) groups is 3. The van der Waals surface area contributed by atoms with E-state index in [0.29, 0.717) is 0 Å². The lowest BCUT2D eigenvalue weighted by atomic mass is 9.98. The van der Waals surface area contributed by atoms with Crippen molar-refractivity contribution in [3.8, 4) is 17.2 Å². The van der Waals surface area contributed by atoms with E-state index in [1.54, 1.807) is 96.1 Å². The molecule has 36 nitrogen and oxygen atoms in total. The minimum Gasteiger partial charge on any atom is -0.462 e. The highest BCUT2D eigenvalue weighted by Gasteiger charge is 2.59. The number of hydrogen-bond donors (Lipinski definition) is 9. The van der Waals surface area contributed by atoms with Crippen LogP contribution >= 0.6 is 23.2 Å². The van der Waals surface area contributed by atoms with E-state index in [2.05, 4.69) is 15.3 Å². The fourth-order valence-electron chi connectivity index (χ4n) is 10.4. The normalized spacial score (nSPS) is 26.4. The van der Waals surface area contributed by atoms with Gasteiger partial charge in [-0.2, -0.15) is 15.3 Å². The van der Waals surface area contributed by atoms with Crippen molar-refractivity contribution in [3.05, 3.63) is 190 Å². The molecule has 6 heterocycles. The van der Waals surface area contributed by atoms with E-state index in [1.165, 1.54) is 57.2 Å². The van der Waals surface area contributed by atoms with E-state index >= 15 is 13.2 Å². The van der Waals surface area contributed by atoms with E-state index in [1.807, 2.05) is 15.0 Å². The first kappa shape index (κ1) is 86.7. The molecule has 9 rings (SSSR count). The summed E-state index contributed by atoms with van der Waals surface area (Å²) in [5.74, 6) is -1.68. The number of H-pyrrole nitrogens is 3. The molecule has 9 N–H and O–H groups in total. The molecule has 108 heavy (non-hydrogen) atoms. The van der Waals surface area contributed by atoms with Gasteiger partial charge in [0.15, 0.2) is 35.7 Å². The van der Waals surface area contributed by atoms with Crippen LogP contribution in [-0.4, -0.2) is 172 Å². The Morgan fingerprint density at radius 3 is 0.852 bits per heavy atom. The third-order valence-electron chi connectivity index (χ3n) is 15.8. The second-order valence-corrected chi connectivity index (χ2v) is 31.1. The molecule has 3 aliphatic rings. The first-order chi connectivity index (χ1) is 50.5. The van der Waals surface area contributed by atoms with Crippen LogP contribution in [0.15, 0.2) is 157 Å². The molecule has 0 spiro atoms. The van der Waals surface area contributed by atoms with Crippen LogP contribution in [-0.2, 0) is 70.1 Å². The molecule has 0 aliphatic carbocycles. The summed E-state index contributed by atoms with van der Waals surface area (Å²) in [5.41, 5.74) is -12.3. The van der Waals surface area contributed by atoms with Crippen molar-refractivity contribution in [1.29, 1.82) is 0 Å². The number of carbonyl (C=O) groups excluding carboxylic acids is 3. The van der Waals surface area contributed by atoms with E-state index in [-0.39, 0.29) is 17.2 Å². The van der Waals surface area contributed by atoms with Crippen LogP contribution in [0.4, 0.5) is 13.2 Å². The molecule has 6 aromatic rings. The summed E-state index contributed by atoms with van der Waals surface area (Å²) in [6, 6.07) is 23.6. The number of aliphatic hydroxyl groups is 3. The van der Waals surface area contributed by atoms with Crippen molar-refractivity contribution in [2.45, 2.75) is 192 Å². The lowest BCUT2D eigenvalue weighted by molar-refractivity contribution is -0.150. The Hall–Kier alpha value is -8.49. The Balaban J connectivity index is 0.000000226. The van der Waals surface area contributed by atoms with Crippen LogP contribution in [0.3, 0.4) is 0 Å². The van der Waals surface area contributed by atoms with E-state index < -0.39 is 203 Å². The van der Waals surface area contributed by atoms with Crippen molar-refractivity contribution in [2.75, 3.05) is 19.8 Å². The van der Waals surface area contributed by atoms with Crippen molar-refractivity contribution in [1.82, 2.24) is 43.9 Å². The highest BCUT2D eigenvalue weighted by atomic mass is 31.2. The second-order valence-electron chi connectivity index (χ2n) is 26.0. The highest BCUT2D eigenvalue weighted by Crippen LogP contribution is 2.51. The first-order valence-electron chi connectivity index (χ1n) is 33.4. The van der Waals surface area contributed by atoms with Gasteiger partial charge in [-0.3, -0.25) is 71.0 Å². The molecule has 3 aliphatic heterocycles. The molecule has 18 atom stereocenters. The lowest BCUT2D eigenvalue weighted by Crippen LogP contribution is -2.43. The molecule has 2 unspecified atom stereocenters. The minimum atomic E-state index is -4.30. The topological polar surface area (TPSA) is 475 Å². The minimum absolute atomic E-state index is 0.152. The molecular formula is C66H87F3N9O27P3. The van der Waals surface area contributed by atoms with Gasteiger partial charge in [-0.05, 0) is 119 Å². The molecule has 0 saturated carbocycles. The summed E-state index contributed by atoms with van der Waals surface area (Å²) in [4.78, 5) is 113. The maximum absolute atomic E-state index is 15.4. The average Bonchev–Trinajstić information content (AvgIpc) is 1.63. The lowest BCUT2D eigenvalue weighted by Gasteiger charge is -2.25. The fraction of sp³-hybridized carbons (Fsp3) is 0.500. The number of benzene rings is 3. The van der Waals surface area contributed by atoms with Gasteiger partial charge in [-0.25, -0.2) is 41.3 Å². The monoisotopic (exact) mass is 1590 g/mol. The Kier molecular flexibility index (Phi) is 29.6. The number of rotatable bonds is 30. The summed E-state index contributed by atoms with van der Waals surface area (Å²) in [6.45, 7) is 15.2. The Morgan fingerprint density at radius 1 is 0.426 bits per heavy atom. The zero-order valence-corrected chi connectivity index (χ0v) is 63.0. The zero-order chi connectivity index (χ0) is 80.0. The SMILES string of the molecule is CC(C)OC(=O)[C@@H](C)NP(=O)(OC[C@H]1O[C@@H](n2ccc(=O)[nH]c2=O)[C@](C)(F)[C@@H]1O)Oc1ccccc1.CC(C)OC(=O)[C@@H](C)N[P@](=O)(OC[C@H]1O[C@@H](n2ccc(=O)[nH]c2=O)[C@](C)(F)[C@@H]1O)Oc1ccccc1.CC(C)OC(=O)[C@H](C)NP(=O)(OC[C@H]1O[C@@H](n2ccc(=O)[nH]c2=O)[C@](C)(F)[C@@H]1O)Oc1ccccc1. The van der Waals surface area contributed by atoms with Gasteiger partial charge in [0, 0.05) is 36.8 Å². The number of para-hydroxylation sites is 3. The summed E-state index contributed by atoms with van der Waals surface area (Å²) >= 11 is 0. The number of nitrogens with one attached hydrogen (secondary N) is 6. The van der Waals surface area contributed by atoms with E-state index in [4.69, 9.17) is 55.6 Å². The van der Waals surface area contributed by atoms with Crippen LogP contribution in [0.25, 0.3) is 0 Å². The van der Waals surface area contributed by atoms with Crippen molar-refractivity contribution in [3.63, 3.8) is 0 Å². The summed E-state index contributed by atoms with van der Waals surface area (Å²) in [7, 11) is -12.9. The van der Waals surface area contributed by atoms with Crippen LogP contribution in [0, 0.1) is 0 Å². The first-order valence-corrected chi connectivity index (χ1v) is 38.0. The van der Waals surface area contributed by atoms with Crippen molar-refractivity contribution in [2.24, 2.45) is 0 Å². The van der Waals surface area contributed by atoms with Gasteiger partial charge in [0.05, 0.1) is 38.1 Å². The second kappa shape index (κ2) is 36.8. The van der Waals surface area contributed by atoms with Crippen LogP contribution < -0.4 is 62.6 Å². The Labute approximate surface area is 614 Å². The molecule has 0 bridgehead atoms. The molecule has 42 heteroatoms. The smallest absolute Gasteiger partial charge is 0.459 e. The van der Waals surface area contributed by atoms with Crippen LogP contribution in [0.5, 0.6) is 17.2 Å². The number of esters is 3. The number of aliphatic hydroxyl groups excluding tert-OH is 3. The summed E-state index contributed by atoms with van der Waals surface area (Å²) in [5, 5.41) is 39.1. The maximum Gasteiger partial charge on any atom is 0.459 e. The molecule has 3 aromatic heterocycles. The highest BCUT2D eigenvalue weighted by molar-refractivity contribution is 7.52. The molecular weight excluding hydrogens is 1500 g/mol. The number of aromatic nitrogens is 6. The van der Waals surface area contributed by atoms with Gasteiger partial charge in [0.1, 0.15) is 72.0 Å².